The summed E-state index contributed by atoms with van der Waals surface area (Å²) in [7, 11) is 0. The summed E-state index contributed by atoms with van der Waals surface area (Å²) in [4.78, 5) is 2.06. The Kier molecular flexibility index (Phi) is 3.73. The summed E-state index contributed by atoms with van der Waals surface area (Å²) < 4.78 is 26.0. The second kappa shape index (κ2) is 6.04. The molecule has 0 saturated carbocycles. The number of rotatable bonds is 2. The topological polar surface area (TPSA) is 45.5 Å². The van der Waals surface area contributed by atoms with Crippen molar-refractivity contribution in [2.75, 3.05) is 24.7 Å². The molecule has 1 atom stereocenters. The average Bonchev–Trinajstić information content (AvgIpc) is 3.10. The second-order valence-electron chi connectivity index (χ2n) is 6.00. The van der Waals surface area contributed by atoms with Gasteiger partial charge in [-0.15, -0.1) is 0 Å². The summed E-state index contributed by atoms with van der Waals surface area (Å²) in [6.07, 6.45) is 1.91. The highest BCUT2D eigenvalue weighted by Crippen LogP contribution is 2.44. The molecule has 0 aromatic heterocycles. The summed E-state index contributed by atoms with van der Waals surface area (Å²) in [5.74, 6) is 1.17. The minimum absolute atomic E-state index is 0.0454. The van der Waals surface area contributed by atoms with Gasteiger partial charge < -0.3 is 14.4 Å². The van der Waals surface area contributed by atoms with Gasteiger partial charge in [0, 0.05) is 12.1 Å². The summed E-state index contributed by atoms with van der Waals surface area (Å²) in [5, 5.41) is 8.92. The lowest BCUT2D eigenvalue weighted by Crippen LogP contribution is -2.25. The van der Waals surface area contributed by atoms with Gasteiger partial charge in [-0.2, -0.15) is 5.26 Å². The molecule has 2 aromatic carbocycles. The zero-order valence-electron chi connectivity index (χ0n) is 13.2. The Morgan fingerprint density at radius 3 is 2.88 bits per heavy atom. The number of anilines is 1. The van der Waals surface area contributed by atoms with Crippen molar-refractivity contribution in [3.8, 4) is 17.6 Å². The van der Waals surface area contributed by atoms with E-state index in [4.69, 9.17) is 14.7 Å². The highest BCUT2D eigenvalue weighted by atomic mass is 19.1. The number of hydrogen-bond donors (Lipinski definition) is 0. The number of benzene rings is 2. The van der Waals surface area contributed by atoms with E-state index in [1.54, 1.807) is 12.1 Å². The van der Waals surface area contributed by atoms with Gasteiger partial charge in [-0.3, -0.25) is 0 Å². The molecule has 0 aliphatic carbocycles. The zero-order valence-corrected chi connectivity index (χ0v) is 13.2. The maximum absolute atomic E-state index is 14.5. The lowest BCUT2D eigenvalue weighted by molar-refractivity contribution is 0.169. The number of fused-ring (bicyclic) bond motifs is 1. The molecule has 2 aromatic rings. The van der Waals surface area contributed by atoms with Crippen LogP contribution in [0.3, 0.4) is 0 Å². The first-order valence-corrected chi connectivity index (χ1v) is 8.13. The minimum atomic E-state index is -0.358. The molecule has 4 rings (SSSR count). The molecule has 0 amide bonds. The first-order chi connectivity index (χ1) is 11.8. The molecule has 1 fully saturated rings. The summed E-state index contributed by atoms with van der Waals surface area (Å²) in [5.41, 5.74) is 1.90. The second-order valence-corrected chi connectivity index (χ2v) is 6.00. The van der Waals surface area contributed by atoms with E-state index in [1.165, 1.54) is 6.07 Å². The van der Waals surface area contributed by atoms with E-state index < -0.39 is 0 Å². The van der Waals surface area contributed by atoms with Gasteiger partial charge >= 0.3 is 0 Å². The van der Waals surface area contributed by atoms with Crippen molar-refractivity contribution in [1.82, 2.24) is 0 Å². The maximum Gasteiger partial charge on any atom is 0.166 e. The Morgan fingerprint density at radius 2 is 2.04 bits per heavy atom. The Labute approximate surface area is 140 Å². The van der Waals surface area contributed by atoms with Crippen molar-refractivity contribution in [2.45, 2.75) is 18.9 Å². The van der Waals surface area contributed by atoms with Crippen LogP contribution in [0, 0.1) is 17.1 Å². The molecular formula is C19H17FN2O2. The van der Waals surface area contributed by atoms with Crippen molar-refractivity contribution in [3.63, 3.8) is 0 Å². The van der Waals surface area contributed by atoms with E-state index in [9.17, 15) is 4.39 Å². The summed E-state index contributed by atoms with van der Waals surface area (Å²) in [6, 6.07) is 12.6. The Balaban J connectivity index is 1.73. The molecule has 0 N–H and O–H groups in total. The van der Waals surface area contributed by atoms with Gasteiger partial charge in [-0.05, 0) is 37.1 Å². The molecule has 2 heterocycles. The Hall–Kier alpha value is -2.74. The van der Waals surface area contributed by atoms with Gasteiger partial charge in [-0.1, -0.05) is 12.1 Å². The number of nitriles is 1. The normalized spacial score (nSPS) is 19.2. The fraction of sp³-hybridized carbons (Fsp3) is 0.316. The molecule has 4 nitrogen and oxygen atoms in total. The SMILES string of the molecule is N#Cc1ccc(N2CCCC2c2cccc3c2OCCO3)c(F)c1. The van der Waals surface area contributed by atoms with E-state index in [0.717, 1.165) is 36.4 Å². The van der Waals surface area contributed by atoms with Crippen LogP contribution in [0.1, 0.15) is 30.0 Å². The summed E-state index contributed by atoms with van der Waals surface area (Å²) in [6.45, 7) is 1.86. The van der Waals surface area contributed by atoms with Crippen molar-refractivity contribution < 1.29 is 13.9 Å². The van der Waals surface area contributed by atoms with Crippen LogP contribution < -0.4 is 14.4 Å². The largest absolute Gasteiger partial charge is 0.486 e. The molecule has 5 heteroatoms. The third-order valence-electron chi connectivity index (χ3n) is 4.59. The van der Waals surface area contributed by atoms with Crippen LogP contribution in [0.5, 0.6) is 11.5 Å². The third kappa shape index (κ3) is 2.44. The first-order valence-electron chi connectivity index (χ1n) is 8.13. The van der Waals surface area contributed by atoms with Crippen LogP contribution in [-0.4, -0.2) is 19.8 Å². The number of para-hydroxylation sites is 1. The summed E-state index contributed by atoms with van der Waals surface area (Å²) >= 11 is 0. The molecule has 2 aliphatic rings. The highest BCUT2D eigenvalue weighted by Gasteiger charge is 2.32. The lowest BCUT2D eigenvalue weighted by Gasteiger charge is -2.30. The van der Waals surface area contributed by atoms with Crippen LogP contribution >= 0.6 is 0 Å². The van der Waals surface area contributed by atoms with Crippen molar-refractivity contribution in [3.05, 3.63) is 53.3 Å². The van der Waals surface area contributed by atoms with Gasteiger partial charge in [0.05, 0.1) is 23.4 Å². The molecule has 1 saturated heterocycles. The smallest absolute Gasteiger partial charge is 0.166 e. The predicted octanol–water partition coefficient (Wildman–Crippen LogP) is 3.81. The van der Waals surface area contributed by atoms with Gasteiger partial charge in [0.15, 0.2) is 11.5 Å². The molecule has 0 spiro atoms. The van der Waals surface area contributed by atoms with Crippen molar-refractivity contribution >= 4 is 5.69 Å². The third-order valence-corrected chi connectivity index (χ3v) is 4.59. The standard InChI is InChI=1S/C19H17FN2O2/c20-15-11-13(12-21)6-7-17(15)22-8-2-4-16(22)14-3-1-5-18-19(14)24-10-9-23-18/h1,3,5-7,11,16H,2,4,8-10H2. The van der Waals surface area contributed by atoms with E-state index in [0.29, 0.717) is 24.5 Å². The highest BCUT2D eigenvalue weighted by molar-refractivity contribution is 5.57. The van der Waals surface area contributed by atoms with Crippen molar-refractivity contribution in [2.24, 2.45) is 0 Å². The number of nitrogens with zero attached hydrogens (tertiary/aromatic N) is 2. The van der Waals surface area contributed by atoms with Crippen LogP contribution in [-0.2, 0) is 0 Å². The van der Waals surface area contributed by atoms with E-state index in [1.807, 2.05) is 24.3 Å². The molecule has 122 valence electrons. The van der Waals surface area contributed by atoms with Gasteiger partial charge in [0.2, 0.25) is 0 Å². The maximum atomic E-state index is 14.5. The number of halogens is 1. The molecule has 2 aliphatic heterocycles. The molecule has 1 unspecified atom stereocenters. The zero-order chi connectivity index (χ0) is 16.5. The average molecular weight is 324 g/mol. The van der Waals surface area contributed by atoms with Gasteiger partial charge in [0.1, 0.15) is 19.0 Å². The molecule has 24 heavy (non-hydrogen) atoms. The molecular weight excluding hydrogens is 307 g/mol. The Bertz CT molecular complexity index is 815. The number of hydrogen-bond acceptors (Lipinski definition) is 4. The van der Waals surface area contributed by atoms with Crippen molar-refractivity contribution in [1.29, 1.82) is 5.26 Å². The van der Waals surface area contributed by atoms with E-state index in [2.05, 4.69) is 4.90 Å². The predicted molar refractivity (Wildman–Crippen MR) is 87.9 cm³/mol. The fourth-order valence-electron chi connectivity index (χ4n) is 3.55. The van der Waals surface area contributed by atoms with Crippen LogP contribution in [0.4, 0.5) is 10.1 Å². The first kappa shape index (κ1) is 14.8. The monoisotopic (exact) mass is 324 g/mol. The molecule has 0 radical (unpaired) electrons. The quantitative estimate of drug-likeness (QED) is 0.843. The fourth-order valence-corrected chi connectivity index (χ4v) is 3.55. The van der Waals surface area contributed by atoms with E-state index >= 15 is 0 Å². The number of ether oxygens (including phenoxy) is 2. The van der Waals surface area contributed by atoms with E-state index in [-0.39, 0.29) is 11.9 Å². The molecule has 0 bridgehead atoms. The lowest BCUT2D eigenvalue weighted by atomic mass is 10.0. The van der Waals surface area contributed by atoms with Gasteiger partial charge in [-0.25, -0.2) is 4.39 Å². The van der Waals surface area contributed by atoms with Crippen LogP contribution in [0.2, 0.25) is 0 Å². The Morgan fingerprint density at radius 1 is 1.17 bits per heavy atom. The minimum Gasteiger partial charge on any atom is -0.486 e. The van der Waals surface area contributed by atoms with Gasteiger partial charge in [0.25, 0.3) is 0 Å². The van der Waals surface area contributed by atoms with Crippen LogP contribution in [0.25, 0.3) is 0 Å². The van der Waals surface area contributed by atoms with Crippen LogP contribution in [0.15, 0.2) is 36.4 Å².